The van der Waals surface area contributed by atoms with Crippen LogP contribution in [0.4, 0.5) is 4.39 Å². The molecule has 1 aliphatic heterocycles. The Kier molecular flexibility index (Phi) is 4.13. The summed E-state index contributed by atoms with van der Waals surface area (Å²) in [5.74, 6) is 1.18. The summed E-state index contributed by atoms with van der Waals surface area (Å²) in [7, 11) is 1.54. The molecule has 0 spiro atoms. The van der Waals surface area contributed by atoms with Crippen molar-refractivity contribution in [3.63, 3.8) is 0 Å². The molecule has 0 bridgehead atoms. The lowest BCUT2D eigenvalue weighted by atomic mass is 10.2. The van der Waals surface area contributed by atoms with Crippen LogP contribution in [0.2, 0.25) is 0 Å². The molecular weight excluding hydrogens is 285 g/mol. The Morgan fingerprint density at radius 3 is 3.00 bits per heavy atom. The number of methoxy groups -OCH3 is 1. The van der Waals surface area contributed by atoms with Gasteiger partial charge < -0.3 is 14.9 Å². The van der Waals surface area contributed by atoms with Crippen molar-refractivity contribution in [1.82, 2.24) is 9.88 Å². The molecule has 6 heteroatoms. The van der Waals surface area contributed by atoms with Gasteiger partial charge in [0.2, 0.25) is 5.89 Å². The average Bonchev–Trinajstić information content (AvgIpc) is 3.06. The third kappa shape index (κ3) is 2.98. The summed E-state index contributed by atoms with van der Waals surface area (Å²) in [4.78, 5) is 6.70. The molecule has 1 atom stereocenters. The van der Waals surface area contributed by atoms with E-state index in [2.05, 4.69) is 9.88 Å². The van der Waals surface area contributed by atoms with E-state index in [1.165, 1.54) is 6.07 Å². The van der Waals surface area contributed by atoms with Crippen LogP contribution in [0.1, 0.15) is 17.9 Å². The van der Waals surface area contributed by atoms with Gasteiger partial charge in [-0.1, -0.05) is 0 Å². The third-order valence-corrected chi connectivity index (χ3v) is 3.98. The lowest BCUT2D eigenvalue weighted by Crippen LogP contribution is -2.26. The number of benzene rings is 1. The molecule has 1 aromatic carbocycles. The number of nitrogens with zero attached hydrogens (tertiary/aromatic N) is 2. The largest absolute Gasteiger partial charge is 0.497 e. The van der Waals surface area contributed by atoms with Crippen LogP contribution >= 0.6 is 0 Å². The summed E-state index contributed by atoms with van der Waals surface area (Å²) in [5, 5.41) is 0. The Hall–Kier alpha value is -1.92. The van der Waals surface area contributed by atoms with E-state index in [4.69, 9.17) is 14.9 Å². The Labute approximate surface area is 128 Å². The van der Waals surface area contributed by atoms with Gasteiger partial charge >= 0.3 is 0 Å². The normalized spacial score (nSPS) is 18.8. The number of hydrogen-bond acceptors (Lipinski definition) is 5. The predicted octanol–water partition coefficient (Wildman–Crippen LogP) is 2.33. The molecule has 0 aliphatic carbocycles. The molecule has 5 nitrogen and oxygen atoms in total. The maximum atomic E-state index is 14.0. The van der Waals surface area contributed by atoms with Crippen molar-refractivity contribution < 1.29 is 13.5 Å². The number of oxazole rings is 1. The summed E-state index contributed by atoms with van der Waals surface area (Å²) >= 11 is 0. The van der Waals surface area contributed by atoms with E-state index in [0.717, 1.165) is 25.2 Å². The van der Waals surface area contributed by atoms with Gasteiger partial charge in [0.05, 0.1) is 18.4 Å². The van der Waals surface area contributed by atoms with E-state index in [0.29, 0.717) is 23.6 Å². The standard InChI is InChI=1S/C16H20FN3O2/c1-10-15(9-20-6-5-11(18)8-20)19-16(22-10)13-7-12(21-2)3-4-14(13)17/h3-4,7,11H,5-6,8-9,18H2,1-2H3. The van der Waals surface area contributed by atoms with Crippen LogP contribution in [0.15, 0.2) is 22.6 Å². The van der Waals surface area contributed by atoms with Gasteiger partial charge in [0.1, 0.15) is 17.3 Å². The fourth-order valence-corrected chi connectivity index (χ4v) is 2.70. The van der Waals surface area contributed by atoms with Crippen LogP contribution in [0, 0.1) is 12.7 Å². The molecule has 1 aliphatic rings. The molecule has 2 N–H and O–H groups in total. The second-order valence-electron chi connectivity index (χ2n) is 5.65. The van der Waals surface area contributed by atoms with E-state index in [1.54, 1.807) is 19.2 Å². The highest BCUT2D eigenvalue weighted by Gasteiger charge is 2.22. The molecule has 1 aromatic heterocycles. The minimum Gasteiger partial charge on any atom is -0.497 e. The lowest BCUT2D eigenvalue weighted by Gasteiger charge is -2.12. The van der Waals surface area contributed by atoms with Crippen LogP contribution in [-0.4, -0.2) is 36.1 Å². The Morgan fingerprint density at radius 2 is 2.32 bits per heavy atom. The first-order valence-electron chi connectivity index (χ1n) is 7.35. The number of rotatable bonds is 4. The smallest absolute Gasteiger partial charge is 0.229 e. The summed E-state index contributed by atoms with van der Waals surface area (Å²) in [6.45, 7) is 4.33. The molecule has 0 radical (unpaired) electrons. The molecule has 1 unspecified atom stereocenters. The van der Waals surface area contributed by atoms with Crippen LogP contribution in [0.25, 0.3) is 11.5 Å². The molecular formula is C16H20FN3O2. The molecule has 1 saturated heterocycles. The zero-order valence-corrected chi connectivity index (χ0v) is 12.8. The Bertz CT molecular complexity index is 671. The van der Waals surface area contributed by atoms with Gasteiger partial charge in [0.15, 0.2) is 0 Å². The Balaban J connectivity index is 1.85. The topological polar surface area (TPSA) is 64.5 Å². The average molecular weight is 305 g/mol. The number of hydrogen-bond donors (Lipinski definition) is 1. The van der Waals surface area contributed by atoms with Crippen LogP contribution < -0.4 is 10.5 Å². The predicted molar refractivity (Wildman–Crippen MR) is 81.1 cm³/mol. The monoisotopic (exact) mass is 305 g/mol. The number of nitrogens with two attached hydrogens (primary N) is 1. The first-order chi connectivity index (χ1) is 10.6. The van der Waals surface area contributed by atoms with Crippen molar-refractivity contribution in [2.24, 2.45) is 5.73 Å². The molecule has 2 aromatic rings. The molecule has 0 saturated carbocycles. The highest BCUT2D eigenvalue weighted by Crippen LogP contribution is 2.28. The summed E-state index contributed by atoms with van der Waals surface area (Å²) in [6.07, 6.45) is 0.994. The van der Waals surface area contributed by atoms with Crippen LogP contribution in [0.3, 0.4) is 0 Å². The van der Waals surface area contributed by atoms with Crippen molar-refractivity contribution in [3.8, 4) is 17.2 Å². The number of aryl methyl sites for hydroxylation is 1. The van der Waals surface area contributed by atoms with Gasteiger partial charge in [-0.05, 0) is 31.5 Å². The zero-order valence-electron chi connectivity index (χ0n) is 12.8. The fourth-order valence-electron chi connectivity index (χ4n) is 2.70. The van der Waals surface area contributed by atoms with Gasteiger partial charge in [-0.25, -0.2) is 9.37 Å². The molecule has 3 rings (SSSR count). The maximum absolute atomic E-state index is 14.0. The van der Waals surface area contributed by atoms with Gasteiger partial charge in [-0.3, -0.25) is 4.90 Å². The number of halogens is 1. The summed E-state index contributed by atoms with van der Waals surface area (Å²) in [5.41, 5.74) is 7.05. The maximum Gasteiger partial charge on any atom is 0.229 e. The second kappa shape index (κ2) is 6.06. The zero-order chi connectivity index (χ0) is 15.7. The summed E-state index contributed by atoms with van der Waals surface area (Å²) in [6, 6.07) is 4.74. The molecule has 118 valence electrons. The van der Waals surface area contributed by atoms with Crippen molar-refractivity contribution in [2.75, 3.05) is 20.2 Å². The van der Waals surface area contributed by atoms with Crippen molar-refractivity contribution >= 4 is 0 Å². The SMILES string of the molecule is COc1ccc(F)c(-c2nc(CN3CCC(N)C3)c(C)o2)c1. The van der Waals surface area contributed by atoms with Gasteiger partial charge in [0.25, 0.3) is 0 Å². The van der Waals surface area contributed by atoms with Crippen LogP contribution in [-0.2, 0) is 6.54 Å². The number of ether oxygens (including phenoxy) is 1. The third-order valence-electron chi connectivity index (χ3n) is 3.98. The van der Waals surface area contributed by atoms with E-state index >= 15 is 0 Å². The van der Waals surface area contributed by atoms with E-state index in [1.807, 2.05) is 6.92 Å². The molecule has 1 fully saturated rings. The van der Waals surface area contributed by atoms with E-state index < -0.39 is 0 Å². The second-order valence-corrected chi connectivity index (χ2v) is 5.65. The number of likely N-dealkylation sites (tertiary alicyclic amines) is 1. The molecule has 2 heterocycles. The number of aromatic nitrogens is 1. The van der Waals surface area contributed by atoms with Gasteiger partial charge in [-0.15, -0.1) is 0 Å². The van der Waals surface area contributed by atoms with Crippen LogP contribution in [0.5, 0.6) is 5.75 Å². The highest BCUT2D eigenvalue weighted by atomic mass is 19.1. The quantitative estimate of drug-likeness (QED) is 0.939. The first-order valence-corrected chi connectivity index (χ1v) is 7.35. The minimum atomic E-state index is -0.378. The van der Waals surface area contributed by atoms with Crippen molar-refractivity contribution in [3.05, 3.63) is 35.5 Å². The van der Waals surface area contributed by atoms with Gasteiger partial charge in [0, 0.05) is 25.7 Å². The fraction of sp³-hybridized carbons (Fsp3) is 0.438. The van der Waals surface area contributed by atoms with Crippen molar-refractivity contribution in [2.45, 2.75) is 25.9 Å². The summed E-state index contributed by atoms with van der Waals surface area (Å²) < 4.78 is 24.8. The lowest BCUT2D eigenvalue weighted by molar-refractivity contribution is 0.321. The highest BCUT2D eigenvalue weighted by molar-refractivity contribution is 5.57. The Morgan fingerprint density at radius 1 is 1.50 bits per heavy atom. The molecule has 22 heavy (non-hydrogen) atoms. The molecule has 0 amide bonds. The van der Waals surface area contributed by atoms with E-state index in [-0.39, 0.29) is 17.7 Å². The van der Waals surface area contributed by atoms with E-state index in [9.17, 15) is 4.39 Å². The van der Waals surface area contributed by atoms with Crippen molar-refractivity contribution in [1.29, 1.82) is 0 Å². The van der Waals surface area contributed by atoms with Gasteiger partial charge in [-0.2, -0.15) is 0 Å². The minimum absolute atomic E-state index is 0.225. The first kappa shape index (κ1) is 15.0.